The van der Waals surface area contributed by atoms with Crippen LogP contribution >= 0.6 is 0 Å². The zero-order chi connectivity index (χ0) is 11.7. The van der Waals surface area contributed by atoms with Gasteiger partial charge in [-0.3, -0.25) is 0 Å². The summed E-state index contributed by atoms with van der Waals surface area (Å²) in [5.41, 5.74) is 3.09. The monoisotopic (exact) mass is 223 g/mol. The Balaban J connectivity index is 2.16. The number of hydrogen-bond donors (Lipinski definition) is 1. The average molecular weight is 223 g/mol. The first-order valence-electron chi connectivity index (χ1n) is 5.28. The molecule has 1 heterocycles. The van der Waals surface area contributed by atoms with Crippen molar-refractivity contribution in [2.45, 2.75) is 19.0 Å². The Kier molecular flexibility index (Phi) is 2.81. The van der Waals surface area contributed by atoms with Crippen LogP contribution in [-0.4, -0.2) is 30.8 Å². The second-order valence-electron chi connectivity index (χ2n) is 4.14. The molecule has 0 aromatic heterocycles. The number of carboxylic acids is 1. The zero-order valence-corrected chi connectivity index (χ0v) is 9.11. The molecule has 16 heavy (non-hydrogen) atoms. The molecule has 0 saturated heterocycles. The third kappa shape index (κ3) is 2.01. The van der Waals surface area contributed by atoms with Gasteiger partial charge in [-0.15, -0.1) is 0 Å². The molecule has 1 atom stereocenters. The maximum absolute atomic E-state index is 13.0. The molecule has 1 aliphatic rings. The minimum atomic E-state index is -1.81. The molecule has 3 nitrogen and oxygen atoms in total. The normalized spacial score (nSPS) is 16.0. The van der Waals surface area contributed by atoms with E-state index in [1.807, 2.05) is 19.2 Å². The molecule has 1 unspecified atom stereocenters. The van der Waals surface area contributed by atoms with E-state index in [2.05, 4.69) is 4.90 Å². The van der Waals surface area contributed by atoms with Crippen LogP contribution in [-0.2, 0) is 17.6 Å². The van der Waals surface area contributed by atoms with Crippen LogP contribution in [0, 0.1) is 0 Å². The number of carbonyl (C=O) groups is 1. The lowest BCUT2D eigenvalue weighted by Gasteiger charge is -2.12. The number of nitrogens with zero attached hydrogens (tertiary/aromatic N) is 1. The Labute approximate surface area is 93.5 Å². The third-order valence-electron chi connectivity index (χ3n) is 2.95. The third-order valence-corrected chi connectivity index (χ3v) is 2.95. The predicted molar refractivity (Wildman–Crippen MR) is 59.7 cm³/mol. The number of fused-ring (bicyclic) bond motifs is 1. The second kappa shape index (κ2) is 4.12. The van der Waals surface area contributed by atoms with Gasteiger partial charge in [-0.25, -0.2) is 9.18 Å². The Hall–Kier alpha value is -1.58. The molecule has 1 aromatic carbocycles. The first kappa shape index (κ1) is 10.9. The summed E-state index contributed by atoms with van der Waals surface area (Å²) in [5, 5.41) is 8.50. The van der Waals surface area contributed by atoms with E-state index in [-0.39, 0.29) is 6.42 Å². The van der Waals surface area contributed by atoms with Crippen molar-refractivity contribution in [1.82, 2.24) is 0 Å². The summed E-state index contributed by atoms with van der Waals surface area (Å²) in [6.07, 6.45) is -0.909. The second-order valence-corrected chi connectivity index (χ2v) is 4.14. The first-order valence-corrected chi connectivity index (χ1v) is 5.28. The van der Waals surface area contributed by atoms with Crippen LogP contribution < -0.4 is 4.90 Å². The number of carboxylic acid groups (broad SMARTS) is 1. The molecule has 0 amide bonds. The molecular formula is C12H14FNO2. The molecule has 0 spiro atoms. The lowest BCUT2D eigenvalue weighted by atomic mass is 10.0. The Morgan fingerprint density at radius 1 is 1.62 bits per heavy atom. The van der Waals surface area contributed by atoms with E-state index in [1.165, 1.54) is 5.56 Å². The maximum Gasteiger partial charge on any atom is 0.338 e. The number of anilines is 1. The highest BCUT2D eigenvalue weighted by Gasteiger charge is 2.19. The van der Waals surface area contributed by atoms with Crippen LogP contribution in [0.3, 0.4) is 0 Å². The lowest BCUT2D eigenvalue weighted by Crippen LogP contribution is -2.17. The largest absolute Gasteiger partial charge is 0.479 e. The van der Waals surface area contributed by atoms with Gasteiger partial charge in [0.1, 0.15) is 0 Å². The van der Waals surface area contributed by atoms with Crippen molar-refractivity contribution in [2.75, 3.05) is 18.5 Å². The smallest absolute Gasteiger partial charge is 0.338 e. The minimum Gasteiger partial charge on any atom is -0.479 e. The fourth-order valence-corrected chi connectivity index (χ4v) is 2.04. The molecule has 0 aliphatic carbocycles. The van der Waals surface area contributed by atoms with Crippen LogP contribution in [0.5, 0.6) is 0 Å². The van der Waals surface area contributed by atoms with Gasteiger partial charge < -0.3 is 10.0 Å². The molecule has 0 saturated carbocycles. The SMILES string of the molecule is CN1CCc2cc(CC(F)C(=O)O)ccc21. The summed E-state index contributed by atoms with van der Waals surface area (Å²) >= 11 is 0. The first-order chi connectivity index (χ1) is 7.58. The summed E-state index contributed by atoms with van der Waals surface area (Å²) in [7, 11) is 2.01. The molecule has 1 N–H and O–H groups in total. The molecule has 2 rings (SSSR count). The van der Waals surface area contributed by atoms with Crippen molar-refractivity contribution in [3.63, 3.8) is 0 Å². The highest BCUT2D eigenvalue weighted by molar-refractivity contribution is 5.72. The number of rotatable bonds is 3. The van der Waals surface area contributed by atoms with Crippen molar-refractivity contribution >= 4 is 11.7 Å². The van der Waals surface area contributed by atoms with E-state index < -0.39 is 12.1 Å². The van der Waals surface area contributed by atoms with Gasteiger partial charge in [0.15, 0.2) is 0 Å². The maximum atomic E-state index is 13.0. The number of hydrogen-bond acceptors (Lipinski definition) is 2. The van der Waals surface area contributed by atoms with Crippen LogP contribution in [0.4, 0.5) is 10.1 Å². The number of likely N-dealkylation sites (N-methyl/N-ethyl adjacent to an activating group) is 1. The fraction of sp³-hybridized carbons (Fsp3) is 0.417. The molecule has 86 valence electrons. The fourth-order valence-electron chi connectivity index (χ4n) is 2.04. The standard InChI is InChI=1S/C12H14FNO2/c1-14-5-4-9-6-8(2-3-11(9)14)7-10(13)12(15)16/h2-3,6,10H,4-5,7H2,1H3,(H,15,16). The summed E-state index contributed by atoms with van der Waals surface area (Å²) in [4.78, 5) is 12.5. The van der Waals surface area contributed by atoms with Gasteiger partial charge in [-0.1, -0.05) is 12.1 Å². The Morgan fingerprint density at radius 3 is 3.06 bits per heavy atom. The van der Waals surface area contributed by atoms with Crippen molar-refractivity contribution in [1.29, 1.82) is 0 Å². The summed E-state index contributed by atoms with van der Waals surface area (Å²) in [6, 6.07) is 5.65. The van der Waals surface area contributed by atoms with Crippen LogP contribution in [0.25, 0.3) is 0 Å². The summed E-state index contributed by atoms with van der Waals surface area (Å²) in [5.74, 6) is -1.39. The van der Waals surface area contributed by atoms with Gasteiger partial charge in [0, 0.05) is 25.7 Å². The van der Waals surface area contributed by atoms with Crippen molar-refractivity contribution < 1.29 is 14.3 Å². The van der Waals surface area contributed by atoms with E-state index in [4.69, 9.17) is 5.11 Å². The molecular weight excluding hydrogens is 209 g/mol. The molecule has 1 aromatic rings. The predicted octanol–water partition coefficient (Wildman–Crippen LogP) is 1.64. The summed E-state index contributed by atoms with van der Waals surface area (Å²) < 4.78 is 13.0. The van der Waals surface area contributed by atoms with Gasteiger partial charge in [0.25, 0.3) is 0 Å². The van der Waals surface area contributed by atoms with Crippen molar-refractivity contribution in [3.8, 4) is 0 Å². The molecule has 4 heteroatoms. The topological polar surface area (TPSA) is 40.5 Å². The number of halogens is 1. The molecule has 1 aliphatic heterocycles. The lowest BCUT2D eigenvalue weighted by molar-refractivity contribution is -0.142. The quantitative estimate of drug-likeness (QED) is 0.847. The van der Waals surface area contributed by atoms with E-state index >= 15 is 0 Å². The minimum absolute atomic E-state index is 0.0493. The van der Waals surface area contributed by atoms with Crippen LogP contribution in [0.15, 0.2) is 18.2 Å². The van der Waals surface area contributed by atoms with E-state index in [0.717, 1.165) is 24.2 Å². The van der Waals surface area contributed by atoms with Crippen LogP contribution in [0.2, 0.25) is 0 Å². The van der Waals surface area contributed by atoms with Crippen LogP contribution in [0.1, 0.15) is 11.1 Å². The molecule has 0 bridgehead atoms. The van der Waals surface area contributed by atoms with Gasteiger partial charge in [0.2, 0.25) is 6.17 Å². The highest BCUT2D eigenvalue weighted by atomic mass is 19.1. The van der Waals surface area contributed by atoms with Gasteiger partial charge >= 0.3 is 5.97 Å². The van der Waals surface area contributed by atoms with Gasteiger partial charge in [-0.05, 0) is 23.6 Å². The summed E-state index contributed by atoms with van der Waals surface area (Å²) in [6.45, 7) is 0.969. The Morgan fingerprint density at radius 2 is 2.38 bits per heavy atom. The zero-order valence-electron chi connectivity index (χ0n) is 9.11. The van der Waals surface area contributed by atoms with Crippen molar-refractivity contribution in [2.24, 2.45) is 0 Å². The molecule has 0 fully saturated rings. The van der Waals surface area contributed by atoms with E-state index in [9.17, 15) is 9.18 Å². The van der Waals surface area contributed by atoms with E-state index in [1.54, 1.807) is 6.07 Å². The van der Waals surface area contributed by atoms with Gasteiger partial charge in [-0.2, -0.15) is 0 Å². The van der Waals surface area contributed by atoms with E-state index in [0.29, 0.717) is 0 Å². The van der Waals surface area contributed by atoms with Gasteiger partial charge in [0.05, 0.1) is 0 Å². The highest BCUT2D eigenvalue weighted by Crippen LogP contribution is 2.27. The average Bonchev–Trinajstić information content (AvgIpc) is 2.60. The Bertz CT molecular complexity index is 419. The molecule has 0 radical (unpaired) electrons. The van der Waals surface area contributed by atoms with Crippen molar-refractivity contribution in [3.05, 3.63) is 29.3 Å². The number of benzene rings is 1. The number of alkyl halides is 1. The number of aliphatic carboxylic acids is 1.